The minimum atomic E-state index is 0.658. The summed E-state index contributed by atoms with van der Waals surface area (Å²) >= 11 is 0. The molecule has 1 aromatic carbocycles. The molecule has 0 saturated heterocycles. The van der Waals surface area contributed by atoms with Gasteiger partial charge in [0.1, 0.15) is 11.6 Å². The van der Waals surface area contributed by atoms with Crippen LogP contribution in [0.25, 0.3) is 11.3 Å². The van der Waals surface area contributed by atoms with Gasteiger partial charge in [-0.1, -0.05) is 39.0 Å². The maximum absolute atomic E-state index is 4.74. The summed E-state index contributed by atoms with van der Waals surface area (Å²) in [6.07, 6.45) is 1.94. The zero-order valence-corrected chi connectivity index (χ0v) is 13.7. The lowest BCUT2D eigenvalue weighted by Crippen LogP contribution is -2.05. The quantitative estimate of drug-likeness (QED) is 0.891. The summed E-state index contributed by atoms with van der Waals surface area (Å²) in [6, 6.07) is 8.71. The molecule has 0 saturated carbocycles. The largest absolute Gasteiger partial charge is 0.373 e. The summed E-state index contributed by atoms with van der Waals surface area (Å²) in [5.41, 5.74) is 4.69. The van der Waals surface area contributed by atoms with Gasteiger partial charge >= 0.3 is 0 Å². The zero-order chi connectivity index (χ0) is 15.4. The van der Waals surface area contributed by atoms with E-state index in [1.165, 1.54) is 11.1 Å². The van der Waals surface area contributed by atoms with Crippen LogP contribution in [0.15, 0.2) is 24.3 Å². The fourth-order valence-electron chi connectivity index (χ4n) is 2.56. The van der Waals surface area contributed by atoms with E-state index >= 15 is 0 Å². The molecule has 0 atom stereocenters. The first-order valence-electron chi connectivity index (χ1n) is 7.69. The Kier molecular flexibility index (Phi) is 4.94. The second-order valence-corrected chi connectivity index (χ2v) is 5.86. The van der Waals surface area contributed by atoms with Gasteiger partial charge < -0.3 is 5.32 Å². The molecule has 0 aliphatic heterocycles. The summed E-state index contributed by atoms with van der Waals surface area (Å²) in [4.78, 5) is 9.28. The maximum Gasteiger partial charge on any atom is 0.132 e. The number of aromatic nitrogens is 2. The molecular formula is C18H25N3. The van der Waals surface area contributed by atoms with E-state index in [4.69, 9.17) is 4.98 Å². The molecule has 0 unspecified atom stereocenters. The van der Waals surface area contributed by atoms with Crippen molar-refractivity contribution < 1.29 is 0 Å². The minimum Gasteiger partial charge on any atom is -0.373 e. The van der Waals surface area contributed by atoms with Gasteiger partial charge in [-0.2, -0.15) is 0 Å². The fourth-order valence-corrected chi connectivity index (χ4v) is 2.56. The van der Waals surface area contributed by atoms with Crippen LogP contribution in [-0.4, -0.2) is 17.0 Å². The highest BCUT2D eigenvalue weighted by atomic mass is 15.0. The predicted octanol–water partition coefficient (Wildman–Crippen LogP) is 4.25. The van der Waals surface area contributed by atoms with Crippen LogP contribution in [0.5, 0.6) is 0 Å². The SMILES string of the molecule is CCc1nc(NC)c(C)c(-c2cccc(CC(C)C)c2)n1. The average molecular weight is 283 g/mol. The van der Waals surface area contributed by atoms with Gasteiger partial charge in [-0.05, 0) is 30.9 Å². The van der Waals surface area contributed by atoms with E-state index in [1.54, 1.807) is 0 Å². The van der Waals surface area contributed by atoms with Crippen molar-refractivity contribution >= 4 is 5.82 Å². The maximum atomic E-state index is 4.74. The molecule has 1 heterocycles. The molecule has 2 aromatic rings. The number of hydrogen-bond donors (Lipinski definition) is 1. The van der Waals surface area contributed by atoms with Crippen molar-refractivity contribution in [1.82, 2.24) is 9.97 Å². The molecule has 112 valence electrons. The molecule has 0 aliphatic rings. The van der Waals surface area contributed by atoms with Crippen LogP contribution in [-0.2, 0) is 12.8 Å². The van der Waals surface area contributed by atoms with E-state index in [9.17, 15) is 0 Å². The van der Waals surface area contributed by atoms with Crippen molar-refractivity contribution in [3.8, 4) is 11.3 Å². The summed E-state index contributed by atoms with van der Waals surface area (Å²) in [5.74, 6) is 2.46. The zero-order valence-electron chi connectivity index (χ0n) is 13.7. The van der Waals surface area contributed by atoms with Crippen LogP contribution in [0.2, 0.25) is 0 Å². The van der Waals surface area contributed by atoms with Crippen molar-refractivity contribution in [2.75, 3.05) is 12.4 Å². The van der Waals surface area contributed by atoms with E-state index in [2.05, 4.69) is 62.3 Å². The monoisotopic (exact) mass is 283 g/mol. The van der Waals surface area contributed by atoms with Crippen LogP contribution in [0.1, 0.15) is 37.7 Å². The summed E-state index contributed by atoms with van der Waals surface area (Å²) in [5, 5.41) is 3.18. The molecule has 0 amide bonds. The van der Waals surface area contributed by atoms with Gasteiger partial charge in [0.15, 0.2) is 0 Å². The van der Waals surface area contributed by atoms with E-state index in [0.717, 1.165) is 35.7 Å². The number of benzene rings is 1. The van der Waals surface area contributed by atoms with E-state index in [-0.39, 0.29) is 0 Å². The van der Waals surface area contributed by atoms with E-state index in [0.29, 0.717) is 5.92 Å². The Balaban J connectivity index is 2.50. The second-order valence-electron chi connectivity index (χ2n) is 5.86. The number of nitrogens with one attached hydrogen (secondary N) is 1. The first-order valence-corrected chi connectivity index (χ1v) is 7.69. The summed E-state index contributed by atoms with van der Waals surface area (Å²) in [6.45, 7) is 8.66. The van der Waals surface area contributed by atoms with Gasteiger partial charge in [-0.3, -0.25) is 0 Å². The van der Waals surface area contributed by atoms with Gasteiger partial charge in [0.2, 0.25) is 0 Å². The molecule has 2 rings (SSSR count). The lowest BCUT2D eigenvalue weighted by atomic mass is 9.98. The lowest BCUT2D eigenvalue weighted by Gasteiger charge is -2.13. The van der Waals surface area contributed by atoms with Gasteiger partial charge in [-0.25, -0.2) is 9.97 Å². The van der Waals surface area contributed by atoms with Crippen molar-refractivity contribution in [2.24, 2.45) is 5.92 Å². The topological polar surface area (TPSA) is 37.8 Å². The summed E-state index contributed by atoms with van der Waals surface area (Å²) in [7, 11) is 1.91. The number of rotatable bonds is 5. The van der Waals surface area contributed by atoms with Gasteiger partial charge in [0.25, 0.3) is 0 Å². The fraction of sp³-hybridized carbons (Fsp3) is 0.444. The Labute approximate surface area is 127 Å². The molecule has 0 aliphatic carbocycles. The molecule has 1 aromatic heterocycles. The van der Waals surface area contributed by atoms with Gasteiger partial charge in [0, 0.05) is 24.6 Å². The number of anilines is 1. The highest BCUT2D eigenvalue weighted by Gasteiger charge is 2.11. The number of hydrogen-bond acceptors (Lipinski definition) is 3. The van der Waals surface area contributed by atoms with E-state index < -0.39 is 0 Å². The highest BCUT2D eigenvalue weighted by molar-refractivity contribution is 5.68. The van der Waals surface area contributed by atoms with Crippen molar-refractivity contribution in [3.05, 3.63) is 41.2 Å². The van der Waals surface area contributed by atoms with E-state index in [1.807, 2.05) is 7.05 Å². The normalized spacial score (nSPS) is 11.0. The van der Waals surface area contributed by atoms with Crippen LogP contribution in [0, 0.1) is 12.8 Å². The van der Waals surface area contributed by atoms with Crippen molar-refractivity contribution in [2.45, 2.75) is 40.5 Å². The Bertz CT molecular complexity index is 618. The molecule has 0 spiro atoms. The van der Waals surface area contributed by atoms with Crippen LogP contribution in [0.3, 0.4) is 0 Å². The first kappa shape index (κ1) is 15.5. The lowest BCUT2D eigenvalue weighted by molar-refractivity contribution is 0.647. The Hall–Kier alpha value is -1.90. The molecule has 1 N–H and O–H groups in total. The molecule has 3 heteroatoms. The number of aryl methyl sites for hydroxylation is 1. The van der Waals surface area contributed by atoms with Crippen molar-refractivity contribution in [3.63, 3.8) is 0 Å². The second kappa shape index (κ2) is 6.70. The standard InChI is InChI=1S/C18H25N3/c1-6-16-20-17(13(4)18(19-5)21-16)15-9-7-8-14(11-15)10-12(2)3/h7-9,11-12H,6,10H2,1-5H3,(H,19,20,21). The Morgan fingerprint density at radius 1 is 1.19 bits per heavy atom. The molecular weight excluding hydrogens is 258 g/mol. The minimum absolute atomic E-state index is 0.658. The third-order valence-electron chi connectivity index (χ3n) is 3.59. The highest BCUT2D eigenvalue weighted by Crippen LogP contribution is 2.27. The third kappa shape index (κ3) is 3.60. The molecule has 0 radical (unpaired) electrons. The predicted molar refractivity (Wildman–Crippen MR) is 89.7 cm³/mol. The van der Waals surface area contributed by atoms with Crippen LogP contribution < -0.4 is 5.32 Å². The molecule has 0 bridgehead atoms. The molecule has 3 nitrogen and oxygen atoms in total. The third-order valence-corrected chi connectivity index (χ3v) is 3.59. The van der Waals surface area contributed by atoms with Crippen molar-refractivity contribution in [1.29, 1.82) is 0 Å². The van der Waals surface area contributed by atoms with Crippen LogP contribution in [0.4, 0.5) is 5.82 Å². The Morgan fingerprint density at radius 3 is 2.57 bits per heavy atom. The smallest absolute Gasteiger partial charge is 0.132 e. The molecule has 21 heavy (non-hydrogen) atoms. The Morgan fingerprint density at radius 2 is 1.95 bits per heavy atom. The summed E-state index contributed by atoms with van der Waals surface area (Å²) < 4.78 is 0. The van der Waals surface area contributed by atoms with Crippen LogP contribution >= 0.6 is 0 Å². The average Bonchev–Trinajstić information content (AvgIpc) is 2.47. The molecule has 0 fully saturated rings. The van der Waals surface area contributed by atoms with Gasteiger partial charge in [-0.15, -0.1) is 0 Å². The number of nitrogens with zero attached hydrogens (tertiary/aromatic N) is 2. The van der Waals surface area contributed by atoms with Gasteiger partial charge in [0.05, 0.1) is 5.69 Å². The first-order chi connectivity index (χ1) is 10.0.